The van der Waals surface area contributed by atoms with E-state index in [1.165, 1.54) is 30.4 Å². The first-order valence-corrected chi connectivity index (χ1v) is 7.45. The minimum Gasteiger partial charge on any atom is -0.316 e. The number of nitrogens with one attached hydrogen (secondary N) is 1. The Morgan fingerprint density at radius 2 is 1.89 bits per heavy atom. The molecule has 1 nitrogen and oxygen atoms in total. The van der Waals surface area contributed by atoms with E-state index >= 15 is 0 Å². The summed E-state index contributed by atoms with van der Waals surface area (Å²) in [7, 11) is 0. The van der Waals surface area contributed by atoms with Gasteiger partial charge in [-0.2, -0.15) is 0 Å². The zero-order valence-electron chi connectivity index (χ0n) is 12.5. The van der Waals surface area contributed by atoms with Crippen LogP contribution in [0.15, 0.2) is 24.3 Å². The highest BCUT2D eigenvalue weighted by Crippen LogP contribution is 2.27. The van der Waals surface area contributed by atoms with E-state index in [1.54, 1.807) is 0 Å². The SMILES string of the molecule is CCCC(C)CC(CNCC)c1ccccc1C. The predicted molar refractivity (Wildman–Crippen MR) is 81.2 cm³/mol. The van der Waals surface area contributed by atoms with E-state index in [9.17, 15) is 0 Å². The van der Waals surface area contributed by atoms with Crippen molar-refractivity contribution in [2.45, 2.75) is 52.9 Å². The number of rotatable bonds is 8. The van der Waals surface area contributed by atoms with Crippen LogP contribution in [0.2, 0.25) is 0 Å². The number of benzene rings is 1. The molecule has 0 aliphatic rings. The normalized spacial score (nSPS) is 14.4. The summed E-state index contributed by atoms with van der Waals surface area (Å²) in [5.74, 6) is 1.48. The second-order valence-corrected chi connectivity index (χ2v) is 5.49. The second kappa shape index (κ2) is 8.31. The third-order valence-corrected chi connectivity index (χ3v) is 3.74. The fourth-order valence-corrected chi connectivity index (χ4v) is 2.78. The van der Waals surface area contributed by atoms with Gasteiger partial charge in [-0.25, -0.2) is 0 Å². The summed E-state index contributed by atoms with van der Waals surface area (Å²) < 4.78 is 0. The summed E-state index contributed by atoms with van der Waals surface area (Å²) >= 11 is 0. The predicted octanol–water partition coefficient (Wildman–Crippen LogP) is 4.51. The van der Waals surface area contributed by atoms with Crippen LogP contribution in [0.5, 0.6) is 0 Å². The highest BCUT2D eigenvalue weighted by Gasteiger charge is 2.16. The average Bonchev–Trinajstić information content (AvgIpc) is 2.35. The molecule has 0 aliphatic carbocycles. The fourth-order valence-electron chi connectivity index (χ4n) is 2.78. The van der Waals surface area contributed by atoms with Crippen LogP contribution >= 0.6 is 0 Å². The Hall–Kier alpha value is -0.820. The van der Waals surface area contributed by atoms with E-state index in [0.717, 1.165) is 19.0 Å². The maximum absolute atomic E-state index is 3.52. The molecule has 0 radical (unpaired) electrons. The summed E-state index contributed by atoms with van der Waals surface area (Å²) in [6.07, 6.45) is 3.93. The lowest BCUT2D eigenvalue weighted by molar-refractivity contribution is 0.421. The minimum atomic E-state index is 0.660. The molecule has 1 heteroatoms. The number of hydrogen-bond donors (Lipinski definition) is 1. The molecule has 18 heavy (non-hydrogen) atoms. The van der Waals surface area contributed by atoms with Crippen molar-refractivity contribution in [2.24, 2.45) is 5.92 Å². The standard InChI is InChI=1S/C17H29N/c1-5-9-14(3)12-16(13-18-6-2)17-11-8-7-10-15(17)4/h7-8,10-11,14,16,18H,5-6,9,12-13H2,1-4H3. The molecular formula is C17H29N. The molecule has 1 N–H and O–H groups in total. The van der Waals surface area contributed by atoms with Crippen LogP contribution in [-0.2, 0) is 0 Å². The molecule has 0 amide bonds. The van der Waals surface area contributed by atoms with E-state index in [0.29, 0.717) is 5.92 Å². The van der Waals surface area contributed by atoms with Crippen molar-refractivity contribution in [2.75, 3.05) is 13.1 Å². The first-order chi connectivity index (χ1) is 8.69. The summed E-state index contributed by atoms with van der Waals surface area (Å²) in [6, 6.07) is 8.85. The van der Waals surface area contributed by atoms with Gasteiger partial charge in [0.15, 0.2) is 0 Å². The van der Waals surface area contributed by atoms with Crippen molar-refractivity contribution >= 4 is 0 Å². The van der Waals surface area contributed by atoms with E-state index in [-0.39, 0.29) is 0 Å². The van der Waals surface area contributed by atoms with Gasteiger partial charge in [-0.1, -0.05) is 57.9 Å². The molecule has 0 heterocycles. The molecule has 2 atom stereocenters. The van der Waals surface area contributed by atoms with Gasteiger partial charge in [-0.05, 0) is 42.9 Å². The highest BCUT2D eigenvalue weighted by molar-refractivity contribution is 5.29. The molecule has 102 valence electrons. The van der Waals surface area contributed by atoms with Crippen molar-refractivity contribution in [1.29, 1.82) is 0 Å². The summed E-state index contributed by atoms with van der Waals surface area (Å²) in [5, 5.41) is 3.52. The minimum absolute atomic E-state index is 0.660. The van der Waals surface area contributed by atoms with Crippen molar-refractivity contribution in [3.05, 3.63) is 35.4 Å². The molecule has 1 aromatic rings. The average molecular weight is 247 g/mol. The molecule has 0 saturated heterocycles. The lowest BCUT2D eigenvalue weighted by Gasteiger charge is -2.23. The fraction of sp³-hybridized carbons (Fsp3) is 0.647. The van der Waals surface area contributed by atoms with Crippen molar-refractivity contribution in [3.8, 4) is 0 Å². The number of aryl methyl sites for hydroxylation is 1. The van der Waals surface area contributed by atoms with Crippen LogP contribution < -0.4 is 5.32 Å². The summed E-state index contributed by atoms with van der Waals surface area (Å²) in [5.41, 5.74) is 2.96. The van der Waals surface area contributed by atoms with E-state index < -0.39 is 0 Å². The van der Waals surface area contributed by atoms with E-state index in [1.807, 2.05) is 0 Å². The van der Waals surface area contributed by atoms with E-state index in [4.69, 9.17) is 0 Å². The van der Waals surface area contributed by atoms with Gasteiger partial charge in [0.1, 0.15) is 0 Å². The smallest absolute Gasteiger partial charge is 0.00202 e. The van der Waals surface area contributed by atoms with Gasteiger partial charge in [0.05, 0.1) is 0 Å². The van der Waals surface area contributed by atoms with Crippen LogP contribution in [0.1, 0.15) is 57.1 Å². The van der Waals surface area contributed by atoms with Crippen LogP contribution in [0.25, 0.3) is 0 Å². The van der Waals surface area contributed by atoms with Gasteiger partial charge in [0, 0.05) is 6.54 Å². The molecule has 0 bridgehead atoms. The van der Waals surface area contributed by atoms with Crippen molar-refractivity contribution < 1.29 is 0 Å². The monoisotopic (exact) mass is 247 g/mol. The third kappa shape index (κ3) is 4.81. The Bertz CT molecular complexity index is 332. The van der Waals surface area contributed by atoms with Gasteiger partial charge in [0.2, 0.25) is 0 Å². The van der Waals surface area contributed by atoms with Crippen molar-refractivity contribution in [1.82, 2.24) is 5.32 Å². The lowest BCUT2D eigenvalue weighted by Crippen LogP contribution is -2.23. The highest BCUT2D eigenvalue weighted by atomic mass is 14.8. The Labute approximate surface area is 113 Å². The quantitative estimate of drug-likeness (QED) is 0.712. The number of hydrogen-bond acceptors (Lipinski definition) is 1. The molecule has 0 aliphatic heterocycles. The van der Waals surface area contributed by atoms with Crippen LogP contribution in [-0.4, -0.2) is 13.1 Å². The van der Waals surface area contributed by atoms with Crippen molar-refractivity contribution in [3.63, 3.8) is 0 Å². The molecule has 0 saturated carbocycles. The maximum Gasteiger partial charge on any atom is 0.00202 e. The molecule has 0 spiro atoms. The largest absolute Gasteiger partial charge is 0.316 e. The van der Waals surface area contributed by atoms with Gasteiger partial charge >= 0.3 is 0 Å². The Kier molecular flexibility index (Phi) is 7.04. The topological polar surface area (TPSA) is 12.0 Å². The molecule has 2 unspecified atom stereocenters. The molecular weight excluding hydrogens is 218 g/mol. The lowest BCUT2D eigenvalue weighted by atomic mass is 9.85. The van der Waals surface area contributed by atoms with Gasteiger partial charge < -0.3 is 5.32 Å². The zero-order chi connectivity index (χ0) is 13.4. The molecule has 1 aromatic carbocycles. The third-order valence-electron chi connectivity index (χ3n) is 3.74. The number of likely N-dealkylation sites (N-methyl/N-ethyl adjacent to an activating group) is 1. The van der Waals surface area contributed by atoms with Crippen LogP contribution in [0.4, 0.5) is 0 Å². The summed E-state index contributed by atoms with van der Waals surface area (Å²) in [4.78, 5) is 0. The zero-order valence-corrected chi connectivity index (χ0v) is 12.5. The molecule has 0 fully saturated rings. The molecule has 0 aromatic heterocycles. The Balaban J connectivity index is 2.74. The Morgan fingerprint density at radius 3 is 2.50 bits per heavy atom. The van der Waals surface area contributed by atoms with Crippen LogP contribution in [0.3, 0.4) is 0 Å². The maximum atomic E-state index is 3.52. The van der Waals surface area contributed by atoms with Gasteiger partial charge in [0.25, 0.3) is 0 Å². The molecule has 1 rings (SSSR count). The van der Waals surface area contributed by atoms with Gasteiger partial charge in [-0.15, -0.1) is 0 Å². The van der Waals surface area contributed by atoms with Crippen LogP contribution in [0, 0.1) is 12.8 Å². The van der Waals surface area contributed by atoms with E-state index in [2.05, 4.69) is 57.3 Å². The van der Waals surface area contributed by atoms with Gasteiger partial charge in [-0.3, -0.25) is 0 Å². The summed E-state index contributed by atoms with van der Waals surface area (Å²) in [6.45, 7) is 11.3. The first-order valence-electron chi connectivity index (χ1n) is 7.45. The first kappa shape index (κ1) is 15.2. The second-order valence-electron chi connectivity index (χ2n) is 5.49. The Morgan fingerprint density at radius 1 is 1.17 bits per heavy atom.